The fraction of sp³-hybridized carbons (Fsp3) is 0.300. The number of H-pyrrole nitrogens is 1. The fourth-order valence-corrected chi connectivity index (χ4v) is 5.41. The first-order chi connectivity index (χ1) is 30.5. The van der Waals surface area contributed by atoms with Gasteiger partial charge in [-0.15, -0.1) is 23.2 Å². The first-order valence-corrected chi connectivity index (χ1v) is 20.6. The zero-order chi connectivity index (χ0) is 46.1. The van der Waals surface area contributed by atoms with Crippen LogP contribution in [0.4, 0.5) is 0 Å². The standard InChI is InChI=1S/C10H10ClN3O2.C10H11N3O2.C8H6ClN3O2.C6H5N3.C4H7ClO2.CH3Cl.CH4.Li.H2O/c1-2-16-8(15)6-14-9(11)7-4-3-5-12-10(7)13-14;1-2-15-9(14)7-13-6-8-4-3-5-11-10(8)12-13;9-7-5-2-1-3-10-8(5)11-12(7)4-6(13)14;1-2-5-4-8-9-6(5)7-3-1;1-2-7-4(6)3-5;1-2;;;/h3-5H,2,6H2,1H3;3-6H,2,7H2,1H3;1-3H,4H2,(H,13,14);1-4H,(H,7,8,9);2-3H2,1H3;1H3;1H4;;1H2/q;;;;;;;+1;/p-1. The van der Waals surface area contributed by atoms with Crippen LogP contribution in [0, 0.1) is 0 Å². The van der Waals surface area contributed by atoms with E-state index in [1.165, 1.54) is 20.4 Å². The van der Waals surface area contributed by atoms with E-state index in [-0.39, 0.29) is 75.2 Å². The number of aromatic nitrogens is 12. The number of esters is 3. The van der Waals surface area contributed by atoms with E-state index in [1.54, 1.807) is 82.2 Å². The number of fused-ring (bicyclic) bond motifs is 4. The average Bonchev–Trinajstić information content (AvgIpc) is 4.07. The fourth-order valence-electron chi connectivity index (χ4n) is 4.84. The quantitative estimate of drug-likeness (QED) is 0.0851. The largest absolute Gasteiger partial charge is 1.00 e. The first-order valence-electron chi connectivity index (χ1n) is 18.6. The summed E-state index contributed by atoms with van der Waals surface area (Å²) in [5, 5.41) is 31.4. The monoisotopic (exact) mass is 986 g/mol. The Balaban J connectivity index is 0.000000803. The van der Waals surface area contributed by atoms with Crippen molar-refractivity contribution in [3.63, 3.8) is 0 Å². The summed E-state index contributed by atoms with van der Waals surface area (Å²) in [7, 11) is 0. The number of nitrogens with zero attached hydrogens (tertiary/aromatic N) is 11. The third kappa shape index (κ3) is 19.3. The number of ether oxygens (including phenoxy) is 3. The number of aliphatic carboxylic acids is 1. The number of carboxylic acid groups (broad SMARTS) is 1. The Morgan fingerprint density at radius 1 is 0.652 bits per heavy atom. The summed E-state index contributed by atoms with van der Waals surface area (Å²) in [6.45, 7) is 6.28. The second-order valence-electron chi connectivity index (χ2n) is 11.6. The Labute approximate surface area is 410 Å². The van der Waals surface area contributed by atoms with Crippen molar-refractivity contribution >= 4 is 114 Å². The molecule has 8 heterocycles. The van der Waals surface area contributed by atoms with Crippen molar-refractivity contribution in [1.82, 2.24) is 59.5 Å². The zero-order valence-electron chi connectivity index (χ0n) is 35.7. The number of halogens is 4. The zero-order valence-corrected chi connectivity index (χ0v) is 38.7. The van der Waals surface area contributed by atoms with Gasteiger partial charge in [0.05, 0.1) is 36.8 Å². The van der Waals surface area contributed by atoms with Crippen LogP contribution < -0.4 is 18.9 Å². The molecule has 26 heteroatoms. The molecular formula is C40H47Cl4LiN12O9. The number of hydrogen-bond acceptors (Lipinski definition) is 16. The number of carbonyl (C=O) groups is 4. The molecule has 0 amide bonds. The van der Waals surface area contributed by atoms with Crippen molar-refractivity contribution in [2.75, 3.05) is 32.1 Å². The van der Waals surface area contributed by atoms with Crippen molar-refractivity contribution in [3.05, 3.63) is 96.0 Å². The van der Waals surface area contributed by atoms with Crippen LogP contribution in [0.2, 0.25) is 10.3 Å². The molecule has 0 aliphatic carbocycles. The molecule has 0 aromatic carbocycles. The van der Waals surface area contributed by atoms with Crippen molar-refractivity contribution in [2.24, 2.45) is 0 Å². The number of aromatic amines is 1. The molecule has 0 spiro atoms. The van der Waals surface area contributed by atoms with Gasteiger partial charge in [0.25, 0.3) is 0 Å². The molecule has 0 atom stereocenters. The van der Waals surface area contributed by atoms with Crippen LogP contribution in [0.1, 0.15) is 28.2 Å². The van der Waals surface area contributed by atoms with Crippen LogP contribution in [0.15, 0.2) is 85.7 Å². The third-order valence-corrected chi connectivity index (χ3v) is 8.34. The van der Waals surface area contributed by atoms with Crippen molar-refractivity contribution < 1.29 is 62.8 Å². The van der Waals surface area contributed by atoms with Gasteiger partial charge in [-0.2, -0.15) is 20.4 Å². The number of nitrogens with one attached hydrogen (secondary N) is 1. The number of pyridine rings is 4. The Morgan fingerprint density at radius 2 is 1.11 bits per heavy atom. The van der Waals surface area contributed by atoms with Gasteiger partial charge in [-0.3, -0.25) is 29.0 Å². The van der Waals surface area contributed by atoms with Gasteiger partial charge >= 0.3 is 42.7 Å². The first kappa shape index (κ1) is 60.1. The van der Waals surface area contributed by atoms with E-state index in [1.807, 2.05) is 24.3 Å². The molecule has 0 saturated heterocycles. The summed E-state index contributed by atoms with van der Waals surface area (Å²) in [5.74, 6) is -2.04. The predicted octanol–water partition coefficient (Wildman–Crippen LogP) is 3.88. The Morgan fingerprint density at radius 3 is 1.56 bits per heavy atom. The van der Waals surface area contributed by atoms with E-state index in [4.69, 9.17) is 49.4 Å². The van der Waals surface area contributed by atoms with Gasteiger partial charge in [-0.1, -0.05) is 30.6 Å². The van der Waals surface area contributed by atoms with Crippen LogP contribution in [-0.2, 0) is 53.0 Å². The molecule has 0 saturated carbocycles. The second-order valence-corrected chi connectivity index (χ2v) is 12.6. The molecular weight excluding hydrogens is 941 g/mol. The summed E-state index contributed by atoms with van der Waals surface area (Å²) >= 11 is 21.6. The van der Waals surface area contributed by atoms with Crippen LogP contribution in [-0.4, -0.2) is 126 Å². The summed E-state index contributed by atoms with van der Waals surface area (Å²) < 4.78 is 18.2. The van der Waals surface area contributed by atoms with E-state index in [2.05, 4.69) is 61.8 Å². The van der Waals surface area contributed by atoms with Crippen LogP contribution in [0.5, 0.6) is 0 Å². The van der Waals surface area contributed by atoms with Gasteiger partial charge in [0.15, 0.2) is 22.6 Å². The van der Waals surface area contributed by atoms with Crippen molar-refractivity contribution in [1.29, 1.82) is 0 Å². The predicted molar refractivity (Wildman–Crippen MR) is 245 cm³/mol. The smallest absolute Gasteiger partial charge is 0.870 e. The minimum Gasteiger partial charge on any atom is -0.870 e. The average molecular weight is 989 g/mol. The van der Waals surface area contributed by atoms with Gasteiger partial charge in [0, 0.05) is 48.1 Å². The third-order valence-electron chi connectivity index (χ3n) is 7.32. The van der Waals surface area contributed by atoms with E-state index < -0.39 is 5.97 Å². The minimum absolute atomic E-state index is 0. The molecule has 3 N–H and O–H groups in total. The summed E-state index contributed by atoms with van der Waals surface area (Å²) in [4.78, 5) is 59.1. The Kier molecular flexibility index (Phi) is 29.8. The molecule has 0 aliphatic rings. The molecule has 21 nitrogen and oxygen atoms in total. The van der Waals surface area contributed by atoms with Crippen LogP contribution in [0.25, 0.3) is 44.1 Å². The molecule has 0 bridgehead atoms. The normalized spacial score (nSPS) is 9.58. The molecule has 0 radical (unpaired) electrons. The van der Waals surface area contributed by atoms with E-state index in [0.717, 1.165) is 21.8 Å². The molecule has 8 aromatic rings. The Hall–Kier alpha value is -5.92. The van der Waals surface area contributed by atoms with Gasteiger partial charge in [-0.05, 0) is 69.3 Å². The van der Waals surface area contributed by atoms with Crippen LogP contribution >= 0.6 is 46.4 Å². The summed E-state index contributed by atoms with van der Waals surface area (Å²) in [6.07, 6.45) is 11.6. The maximum atomic E-state index is 11.3. The number of rotatable bonds is 10. The van der Waals surface area contributed by atoms with Crippen LogP contribution in [0.3, 0.4) is 0 Å². The molecule has 0 unspecified atom stereocenters. The van der Waals surface area contributed by atoms with Crippen molar-refractivity contribution in [3.8, 4) is 0 Å². The molecule has 0 aliphatic heterocycles. The second kappa shape index (κ2) is 32.7. The van der Waals surface area contributed by atoms with Crippen molar-refractivity contribution in [2.45, 2.75) is 47.8 Å². The van der Waals surface area contributed by atoms with E-state index in [9.17, 15) is 19.2 Å². The van der Waals surface area contributed by atoms with Gasteiger partial charge in [0.2, 0.25) is 0 Å². The molecule has 350 valence electrons. The van der Waals surface area contributed by atoms with Gasteiger partial charge in [-0.25, -0.2) is 29.3 Å². The topological polar surface area (TPSA) is 280 Å². The maximum absolute atomic E-state index is 11.3. The summed E-state index contributed by atoms with van der Waals surface area (Å²) in [6, 6.07) is 14.6. The SMILES string of the molecule is C.CCOC(=O)CCl.CCOC(=O)Cn1cc2cccnc2n1.CCOC(=O)Cn1nc2ncccc2c1Cl.CCl.O=C(O)Cn1nc2ncccc2c1Cl.[Li+].[OH-].c1cnc2[nH]ncc2c1. The molecule has 0 fully saturated rings. The van der Waals surface area contributed by atoms with Gasteiger partial charge in [0.1, 0.15) is 35.8 Å². The number of alkyl halides is 2. The van der Waals surface area contributed by atoms with Gasteiger partial charge < -0.3 is 24.8 Å². The maximum Gasteiger partial charge on any atom is 1.00 e. The number of carboxylic acids is 1. The molecule has 66 heavy (non-hydrogen) atoms. The Bertz CT molecular complexity index is 2620. The summed E-state index contributed by atoms with van der Waals surface area (Å²) in [5.41, 5.74) is 2.47. The van der Waals surface area contributed by atoms with E-state index >= 15 is 0 Å². The minimum atomic E-state index is -0.986. The van der Waals surface area contributed by atoms with E-state index in [0.29, 0.717) is 52.5 Å². The molecule has 8 aromatic heterocycles. The molecule has 8 rings (SSSR count). The number of carbonyl (C=O) groups excluding carboxylic acids is 3. The number of hydrogen-bond donors (Lipinski definition) is 2.